The largest absolute Gasteiger partial charge is 0.384 e. The van der Waals surface area contributed by atoms with Gasteiger partial charge in [0.1, 0.15) is 11.9 Å². The van der Waals surface area contributed by atoms with Crippen LogP contribution in [0, 0.1) is 11.7 Å². The summed E-state index contributed by atoms with van der Waals surface area (Å²) in [6.45, 7) is 2.04. The second-order valence-corrected chi connectivity index (χ2v) is 10.4. The Bertz CT molecular complexity index is 1020. The van der Waals surface area contributed by atoms with E-state index >= 15 is 0 Å². The maximum Gasteiger partial charge on any atom is 0.241 e. The molecule has 7 nitrogen and oxygen atoms in total. The van der Waals surface area contributed by atoms with Crippen LogP contribution in [0.25, 0.3) is 11.1 Å². The fourth-order valence-electron chi connectivity index (χ4n) is 5.54. The maximum absolute atomic E-state index is 14.0. The number of hydrogen-bond donors (Lipinski definition) is 2. The molecule has 1 aliphatic carbocycles. The molecular formula is C25H32FN5O2S. The van der Waals surface area contributed by atoms with E-state index in [-0.39, 0.29) is 23.7 Å². The number of hydrogen-bond acceptors (Lipinski definition) is 7. The van der Waals surface area contributed by atoms with Gasteiger partial charge in [-0.25, -0.2) is 19.8 Å². The van der Waals surface area contributed by atoms with E-state index in [1.165, 1.54) is 18.6 Å². The number of halogens is 1. The highest BCUT2D eigenvalue weighted by molar-refractivity contribution is 7.99. The Morgan fingerprint density at radius 3 is 2.88 bits per heavy atom. The molecule has 2 aliphatic heterocycles. The molecule has 3 aliphatic rings. The van der Waals surface area contributed by atoms with Crippen LogP contribution in [0.1, 0.15) is 43.7 Å². The Kier molecular flexibility index (Phi) is 7.43. The van der Waals surface area contributed by atoms with E-state index in [9.17, 15) is 9.18 Å². The van der Waals surface area contributed by atoms with Crippen molar-refractivity contribution in [1.82, 2.24) is 25.7 Å². The molecule has 1 amide bonds. The molecule has 5 rings (SSSR count). The van der Waals surface area contributed by atoms with Crippen LogP contribution in [0.4, 0.5) is 4.39 Å². The number of benzene rings is 1. The topological polar surface area (TPSA) is 79.4 Å². The Labute approximate surface area is 204 Å². The van der Waals surface area contributed by atoms with Gasteiger partial charge in [0.25, 0.3) is 0 Å². The second-order valence-electron chi connectivity index (χ2n) is 9.37. The minimum absolute atomic E-state index is 0.116. The Morgan fingerprint density at radius 1 is 1.24 bits per heavy atom. The highest BCUT2D eigenvalue weighted by Gasteiger charge is 2.44. The number of amides is 1. The third-order valence-electron chi connectivity index (χ3n) is 7.33. The molecule has 3 fully saturated rings. The van der Waals surface area contributed by atoms with Gasteiger partial charge in [0.15, 0.2) is 5.16 Å². The van der Waals surface area contributed by atoms with Crippen LogP contribution in [0.2, 0.25) is 0 Å². The highest BCUT2D eigenvalue weighted by atomic mass is 32.2. The third-order valence-corrected chi connectivity index (χ3v) is 8.16. The Morgan fingerprint density at radius 2 is 2.09 bits per heavy atom. The monoisotopic (exact) mass is 485 g/mol. The van der Waals surface area contributed by atoms with Gasteiger partial charge in [0, 0.05) is 55.6 Å². The van der Waals surface area contributed by atoms with Crippen molar-refractivity contribution < 1.29 is 13.9 Å². The van der Waals surface area contributed by atoms with E-state index < -0.39 is 0 Å². The predicted octanol–water partition coefficient (Wildman–Crippen LogP) is 3.37. The molecule has 2 N–H and O–H groups in total. The van der Waals surface area contributed by atoms with Gasteiger partial charge in [0.2, 0.25) is 5.91 Å². The molecule has 0 bridgehead atoms. The average molecular weight is 486 g/mol. The standard InChI is InChI=1S/C25H32FN5O2S/c1-33-12-13-34-25-27-15-20(17-4-2-5-18(26)14-17)22(28-25)16-8-10-31(11-9-16)24(32)23-19-6-3-7-21(19)29-30-23/h2,4-5,14-16,19,21,23,29-30H,3,6-13H2,1H3. The molecule has 1 aromatic heterocycles. The van der Waals surface area contributed by atoms with Crippen LogP contribution in [0.5, 0.6) is 0 Å². The normalized spacial score (nSPS) is 25.0. The number of rotatable bonds is 7. The molecule has 2 saturated heterocycles. The van der Waals surface area contributed by atoms with Gasteiger partial charge in [-0.15, -0.1) is 0 Å². The van der Waals surface area contributed by atoms with E-state index in [2.05, 4.69) is 15.8 Å². The summed E-state index contributed by atoms with van der Waals surface area (Å²) >= 11 is 1.56. The van der Waals surface area contributed by atoms with Crippen molar-refractivity contribution in [1.29, 1.82) is 0 Å². The molecule has 3 atom stereocenters. The molecule has 182 valence electrons. The lowest BCUT2D eigenvalue weighted by Crippen LogP contribution is -2.50. The first-order valence-electron chi connectivity index (χ1n) is 12.2. The summed E-state index contributed by atoms with van der Waals surface area (Å²) in [5, 5.41) is 0.708. The fraction of sp³-hybridized carbons (Fsp3) is 0.560. The van der Waals surface area contributed by atoms with Crippen molar-refractivity contribution in [2.45, 2.75) is 55.3 Å². The SMILES string of the molecule is COCCSc1ncc(-c2cccc(F)c2)c(C2CCN(C(=O)C3NNC4CCCC43)CC2)n1. The quantitative estimate of drug-likeness (QED) is 0.354. The van der Waals surface area contributed by atoms with Crippen LogP contribution in [-0.2, 0) is 9.53 Å². The zero-order chi connectivity index (χ0) is 23.5. The Balaban J connectivity index is 1.32. The molecule has 1 saturated carbocycles. The van der Waals surface area contributed by atoms with E-state index in [0.717, 1.165) is 48.3 Å². The lowest BCUT2D eigenvalue weighted by atomic mass is 9.88. The van der Waals surface area contributed by atoms with E-state index in [1.54, 1.807) is 24.9 Å². The number of nitrogens with zero attached hydrogens (tertiary/aromatic N) is 3. The van der Waals surface area contributed by atoms with Crippen LogP contribution < -0.4 is 10.9 Å². The first kappa shape index (κ1) is 23.7. The van der Waals surface area contributed by atoms with Gasteiger partial charge in [-0.1, -0.05) is 30.3 Å². The molecule has 3 unspecified atom stereocenters. The van der Waals surface area contributed by atoms with Gasteiger partial charge in [-0.3, -0.25) is 10.2 Å². The Hall–Kier alpha value is -2.07. The van der Waals surface area contributed by atoms with Crippen LogP contribution in [-0.4, -0.2) is 65.4 Å². The molecule has 34 heavy (non-hydrogen) atoms. The van der Waals surface area contributed by atoms with Gasteiger partial charge in [0.05, 0.1) is 12.3 Å². The summed E-state index contributed by atoms with van der Waals surface area (Å²) < 4.78 is 19.1. The number of carbonyl (C=O) groups is 1. The van der Waals surface area contributed by atoms with Crippen LogP contribution in [0.3, 0.4) is 0 Å². The number of ether oxygens (including phenoxy) is 1. The van der Waals surface area contributed by atoms with Gasteiger partial charge < -0.3 is 9.64 Å². The number of hydrazine groups is 1. The molecular weight excluding hydrogens is 453 g/mol. The molecule has 1 aromatic carbocycles. The van der Waals surface area contributed by atoms with Crippen molar-refractivity contribution in [3.05, 3.63) is 42.0 Å². The maximum atomic E-state index is 14.0. The second kappa shape index (κ2) is 10.7. The zero-order valence-electron chi connectivity index (χ0n) is 19.5. The van der Waals surface area contributed by atoms with Gasteiger partial charge in [-0.05, 0) is 43.4 Å². The van der Waals surface area contributed by atoms with Crippen molar-refractivity contribution in [3.63, 3.8) is 0 Å². The van der Waals surface area contributed by atoms with E-state index in [0.29, 0.717) is 36.8 Å². The molecule has 2 aromatic rings. The lowest BCUT2D eigenvalue weighted by molar-refractivity contribution is -0.135. The first-order valence-corrected chi connectivity index (χ1v) is 13.2. The van der Waals surface area contributed by atoms with Gasteiger partial charge >= 0.3 is 0 Å². The van der Waals surface area contributed by atoms with Crippen molar-refractivity contribution in [2.75, 3.05) is 32.6 Å². The number of piperidine rings is 1. The fourth-order valence-corrected chi connectivity index (χ4v) is 6.26. The summed E-state index contributed by atoms with van der Waals surface area (Å²) in [4.78, 5) is 24.7. The number of likely N-dealkylation sites (tertiary alicyclic amines) is 1. The van der Waals surface area contributed by atoms with Crippen molar-refractivity contribution in [2.24, 2.45) is 5.92 Å². The molecule has 9 heteroatoms. The highest BCUT2D eigenvalue weighted by Crippen LogP contribution is 2.37. The first-order chi connectivity index (χ1) is 16.6. The molecule has 0 radical (unpaired) electrons. The number of thioether (sulfide) groups is 1. The average Bonchev–Trinajstić information content (AvgIpc) is 3.48. The smallest absolute Gasteiger partial charge is 0.241 e. The third kappa shape index (κ3) is 4.98. The minimum atomic E-state index is -0.273. The minimum Gasteiger partial charge on any atom is -0.384 e. The number of aromatic nitrogens is 2. The van der Waals surface area contributed by atoms with Crippen molar-refractivity contribution in [3.8, 4) is 11.1 Å². The zero-order valence-corrected chi connectivity index (χ0v) is 20.3. The summed E-state index contributed by atoms with van der Waals surface area (Å²) in [5.74, 6) is 1.31. The summed E-state index contributed by atoms with van der Waals surface area (Å²) in [6, 6.07) is 6.92. The molecule has 3 heterocycles. The molecule has 0 spiro atoms. The number of methoxy groups -OCH3 is 1. The summed E-state index contributed by atoms with van der Waals surface area (Å²) in [6.07, 6.45) is 6.93. The predicted molar refractivity (Wildman–Crippen MR) is 130 cm³/mol. The number of carbonyl (C=O) groups excluding carboxylic acids is 1. The summed E-state index contributed by atoms with van der Waals surface area (Å²) in [5.41, 5.74) is 9.19. The van der Waals surface area contributed by atoms with Crippen LogP contribution >= 0.6 is 11.8 Å². The summed E-state index contributed by atoms with van der Waals surface area (Å²) in [7, 11) is 1.68. The number of fused-ring (bicyclic) bond motifs is 1. The van der Waals surface area contributed by atoms with Crippen LogP contribution in [0.15, 0.2) is 35.6 Å². The van der Waals surface area contributed by atoms with Gasteiger partial charge in [-0.2, -0.15) is 0 Å². The lowest BCUT2D eigenvalue weighted by Gasteiger charge is -2.34. The van der Waals surface area contributed by atoms with E-state index in [4.69, 9.17) is 9.72 Å². The van der Waals surface area contributed by atoms with Crippen molar-refractivity contribution >= 4 is 17.7 Å². The number of nitrogens with one attached hydrogen (secondary N) is 2. The van der Waals surface area contributed by atoms with E-state index in [1.807, 2.05) is 17.2 Å².